The van der Waals surface area contributed by atoms with Crippen LogP contribution in [0.1, 0.15) is 71.3 Å². The molecule has 1 spiro atoms. The van der Waals surface area contributed by atoms with Crippen LogP contribution in [0.4, 0.5) is 4.79 Å². The molecule has 1 aliphatic carbocycles. The summed E-state index contributed by atoms with van der Waals surface area (Å²) < 4.78 is 0. The van der Waals surface area contributed by atoms with E-state index in [-0.39, 0.29) is 34.9 Å². The Morgan fingerprint density at radius 3 is 2.45 bits per heavy atom. The van der Waals surface area contributed by atoms with Gasteiger partial charge in [0.1, 0.15) is 0 Å². The summed E-state index contributed by atoms with van der Waals surface area (Å²) in [5.41, 5.74) is 1.03. The zero-order chi connectivity index (χ0) is 22.4. The lowest BCUT2D eigenvalue weighted by molar-refractivity contribution is -0.141. The molecule has 3 amide bonds. The van der Waals surface area contributed by atoms with Crippen molar-refractivity contribution in [2.24, 2.45) is 11.3 Å². The van der Waals surface area contributed by atoms with Gasteiger partial charge in [0.05, 0.1) is 11.5 Å². The summed E-state index contributed by atoms with van der Waals surface area (Å²) in [6.45, 7) is 10.7. The van der Waals surface area contributed by atoms with Gasteiger partial charge >= 0.3 is 6.03 Å². The van der Waals surface area contributed by atoms with Crippen LogP contribution in [0, 0.1) is 11.3 Å². The van der Waals surface area contributed by atoms with E-state index in [1.54, 1.807) is 0 Å². The minimum atomic E-state index is -0.258. The van der Waals surface area contributed by atoms with Gasteiger partial charge in [-0.3, -0.25) is 4.79 Å². The Labute approximate surface area is 191 Å². The zero-order valence-electron chi connectivity index (χ0n) is 19.3. The molecule has 3 aliphatic rings. The van der Waals surface area contributed by atoms with Gasteiger partial charge in [0, 0.05) is 30.7 Å². The molecule has 1 aromatic carbocycles. The first kappa shape index (κ1) is 22.4. The summed E-state index contributed by atoms with van der Waals surface area (Å²) in [6.07, 6.45) is 4.96. The Morgan fingerprint density at radius 2 is 1.81 bits per heavy atom. The number of urea groups is 1. The third kappa shape index (κ3) is 4.30. The fraction of sp³-hybridized carbons (Fsp3) is 0.680. The quantitative estimate of drug-likeness (QED) is 0.662. The van der Waals surface area contributed by atoms with Gasteiger partial charge in [-0.2, -0.15) is 0 Å². The van der Waals surface area contributed by atoms with Crippen molar-refractivity contribution in [3.8, 4) is 0 Å². The van der Waals surface area contributed by atoms with Gasteiger partial charge < -0.3 is 15.1 Å². The first-order valence-electron chi connectivity index (χ1n) is 11.8. The maximum absolute atomic E-state index is 13.7. The van der Waals surface area contributed by atoms with Crippen LogP contribution in [-0.2, 0) is 4.79 Å². The molecule has 0 bridgehead atoms. The molecule has 1 N–H and O–H groups in total. The van der Waals surface area contributed by atoms with Crippen molar-refractivity contribution in [2.45, 2.75) is 77.3 Å². The molecule has 1 unspecified atom stereocenters. The smallest absolute Gasteiger partial charge is 0.318 e. The average molecular weight is 446 g/mol. The van der Waals surface area contributed by atoms with E-state index in [9.17, 15) is 9.59 Å². The number of carbonyl (C=O) groups excluding carboxylic acids is 2. The van der Waals surface area contributed by atoms with Crippen LogP contribution in [0.2, 0.25) is 5.02 Å². The van der Waals surface area contributed by atoms with E-state index in [1.807, 2.05) is 30.9 Å². The Hall–Kier alpha value is -1.75. The van der Waals surface area contributed by atoms with Crippen molar-refractivity contribution in [1.29, 1.82) is 0 Å². The lowest BCUT2D eigenvalue weighted by Crippen LogP contribution is -2.53. The van der Waals surface area contributed by atoms with Gasteiger partial charge in [0.15, 0.2) is 0 Å². The van der Waals surface area contributed by atoms with Crippen molar-refractivity contribution in [3.63, 3.8) is 0 Å². The number of carbonyl (C=O) groups is 2. The van der Waals surface area contributed by atoms with Gasteiger partial charge in [0.2, 0.25) is 5.91 Å². The predicted octanol–water partition coefficient (Wildman–Crippen LogP) is 5.04. The monoisotopic (exact) mass is 445 g/mol. The van der Waals surface area contributed by atoms with Crippen molar-refractivity contribution in [2.75, 3.05) is 19.6 Å². The van der Waals surface area contributed by atoms with Crippen LogP contribution in [0.15, 0.2) is 24.3 Å². The van der Waals surface area contributed by atoms with Gasteiger partial charge in [0.25, 0.3) is 0 Å². The molecule has 1 saturated carbocycles. The lowest BCUT2D eigenvalue weighted by Gasteiger charge is -2.46. The molecule has 6 heteroatoms. The summed E-state index contributed by atoms with van der Waals surface area (Å²) in [4.78, 5) is 30.4. The summed E-state index contributed by atoms with van der Waals surface area (Å²) in [5.74, 6) is 0.590. The largest absolute Gasteiger partial charge is 0.342 e. The second-order valence-corrected chi connectivity index (χ2v) is 11.2. The first-order chi connectivity index (χ1) is 14.6. The molecule has 170 valence electrons. The maximum Gasteiger partial charge on any atom is 0.318 e. The standard InChI is InChI=1S/C25H36ClN3O2/c1-17(2)27-23(31)29-16-25(29)13-6-5-7-21(25)22(30)28-14-12-20(24(3,4)15-28)18-8-10-19(26)11-9-18/h8-11,17,20-21H,5-7,12-16H2,1-4H3,(H,27,31)/t20-,21-,25?,29?/m1/s1. The minimum absolute atomic E-state index is 0.0121. The highest BCUT2D eigenvalue weighted by Crippen LogP contribution is 2.51. The van der Waals surface area contributed by atoms with Gasteiger partial charge in [-0.25, -0.2) is 4.79 Å². The summed E-state index contributed by atoms with van der Waals surface area (Å²) >= 11 is 6.08. The number of halogens is 1. The number of rotatable bonds is 3. The van der Waals surface area contributed by atoms with Gasteiger partial charge in [-0.1, -0.05) is 50.4 Å². The molecule has 0 aromatic heterocycles. The molecule has 3 atom stereocenters. The van der Waals surface area contributed by atoms with Crippen LogP contribution in [0.5, 0.6) is 0 Å². The highest BCUT2D eigenvalue weighted by molar-refractivity contribution is 6.30. The fourth-order valence-electron chi connectivity index (χ4n) is 6.00. The molecule has 2 saturated heterocycles. The average Bonchev–Trinajstić information content (AvgIpc) is 3.42. The molecule has 0 radical (unpaired) electrons. The van der Waals surface area contributed by atoms with E-state index in [0.29, 0.717) is 12.5 Å². The van der Waals surface area contributed by atoms with Crippen molar-refractivity contribution in [3.05, 3.63) is 34.9 Å². The molecular weight excluding hydrogens is 410 g/mol. The SMILES string of the molecule is CC(C)NC(=O)N1CC12CCCC[C@@H]2C(=O)N1CC[C@H](c2ccc(Cl)cc2)C(C)(C)C1. The van der Waals surface area contributed by atoms with Crippen LogP contribution in [0.25, 0.3) is 0 Å². The normalized spacial score (nSPS) is 29.9. The Bertz CT molecular complexity index is 838. The number of benzene rings is 1. The van der Waals surface area contributed by atoms with E-state index in [0.717, 1.165) is 50.2 Å². The molecule has 2 heterocycles. The third-order valence-corrected chi connectivity index (χ3v) is 7.89. The van der Waals surface area contributed by atoms with Crippen LogP contribution >= 0.6 is 11.6 Å². The second kappa shape index (κ2) is 8.31. The van der Waals surface area contributed by atoms with Crippen molar-refractivity contribution < 1.29 is 9.59 Å². The van der Waals surface area contributed by atoms with E-state index in [1.165, 1.54) is 5.56 Å². The molecular formula is C25H36ClN3O2. The highest BCUT2D eigenvalue weighted by atomic mass is 35.5. The van der Waals surface area contributed by atoms with Crippen molar-refractivity contribution >= 4 is 23.5 Å². The molecule has 31 heavy (non-hydrogen) atoms. The topological polar surface area (TPSA) is 52.4 Å². The Morgan fingerprint density at radius 1 is 1.10 bits per heavy atom. The van der Waals surface area contributed by atoms with Crippen LogP contribution in [0.3, 0.4) is 0 Å². The molecule has 3 fully saturated rings. The van der Waals surface area contributed by atoms with Gasteiger partial charge in [-0.15, -0.1) is 0 Å². The number of hydrogen-bond acceptors (Lipinski definition) is 2. The van der Waals surface area contributed by atoms with Crippen LogP contribution < -0.4 is 5.32 Å². The predicted molar refractivity (Wildman–Crippen MR) is 124 cm³/mol. The fourth-order valence-corrected chi connectivity index (χ4v) is 6.13. The number of nitrogens with zero attached hydrogens (tertiary/aromatic N) is 2. The van der Waals surface area contributed by atoms with E-state index in [2.05, 4.69) is 36.2 Å². The number of piperidine rings is 1. The van der Waals surface area contributed by atoms with E-state index < -0.39 is 0 Å². The lowest BCUT2D eigenvalue weighted by atomic mass is 9.70. The zero-order valence-corrected chi connectivity index (χ0v) is 20.0. The van der Waals surface area contributed by atoms with Gasteiger partial charge in [-0.05, 0) is 62.1 Å². The number of nitrogens with one attached hydrogen (secondary N) is 1. The second-order valence-electron chi connectivity index (χ2n) is 10.7. The minimum Gasteiger partial charge on any atom is -0.342 e. The Kier molecular flexibility index (Phi) is 6.01. The molecule has 1 aromatic rings. The summed E-state index contributed by atoms with van der Waals surface area (Å²) in [7, 11) is 0. The summed E-state index contributed by atoms with van der Waals surface area (Å²) in [5, 5.41) is 3.77. The van der Waals surface area contributed by atoms with Crippen LogP contribution in [-0.4, -0.2) is 53.0 Å². The number of likely N-dealkylation sites (tertiary alicyclic amines) is 1. The third-order valence-electron chi connectivity index (χ3n) is 7.64. The highest BCUT2D eigenvalue weighted by Gasteiger charge is 2.63. The Balaban J connectivity index is 1.47. The van der Waals surface area contributed by atoms with E-state index >= 15 is 0 Å². The molecule has 2 aliphatic heterocycles. The number of amides is 3. The summed E-state index contributed by atoms with van der Waals surface area (Å²) in [6, 6.07) is 8.25. The molecule has 5 nitrogen and oxygen atoms in total. The molecule has 4 rings (SSSR count). The van der Waals surface area contributed by atoms with E-state index in [4.69, 9.17) is 11.6 Å². The maximum atomic E-state index is 13.7. The number of hydrogen-bond donors (Lipinski definition) is 1. The first-order valence-corrected chi connectivity index (χ1v) is 12.1. The van der Waals surface area contributed by atoms with Crippen molar-refractivity contribution in [1.82, 2.24) is 15.1 Å².